The fourth-order valence-corrected chi connectivity index (χ4v) is 7.03. The molecule has 5 heteroatoms. The number of nitrogens with zero attached hydrogens (tertiary/aromatic N) is 1. The fraction of sp³-hybridized carbons (Fsp3) is 0.786. The number of H-pyrrole nitrogens is 1. The van der Waals surface area contributed by atoms with Crippen LogP contribution in [0.2, 0.25) is 14.8 Å². The van der Waals surface area contributed by atoms with Crippen molar-refractivity contribution < 1.29 is 9.47 Å². The molecule has 0 spiro atoms. The van der Waals surface area contributed by atoms with E-state index in [1.807, 2.05) is 6.92 Å². The van der Waals surface area contributed by atoms with E-state index < -0.39 is 18.4 Å². The maximum atomic E-state index is 5.82. The van der Waals surface area contributed by atoms with Gasteiger partial charge in [0.1, 0.15) is 0 Å². The summed E-state index contributed by atoms with van der Waals surface area (Å²) in [6.45, 7) is 3.61. The van der Waals surface area contributed by atoms with Gasteiger partial charge < -0.3 is 0 Å². The third-order valence-electron chi connectivity index (χ3n) is 3.40. The number of hydrogen-bond donors (Lipinski definition) is 1. The molecule has 108 valence electrons. The predicted octanol–water partition coefficient (Wildman–Crippen LogP) is 2.35. The molecule has 0 aliphatic carbocycles. The number of ether oxygens (including phenoxy) is 2. The summed E-state index contributed by atoms with van der Waals surface area (Å²) in [7, 11) is 0. The molecule has 4 nitrogen and oxygen atoms in total. The molecule has 1 fully saturated rings. The number of rotatable bonds is 5. The van der Waals surface area contributed by atoms with Crippen molar-refractivity contribution in [3.05, 3.63) is 11.5 Å². The van der Waals surface area contributed by atoms with E-state index in [4.69, 9.17) is 14.5 Å². The van der Waals surface area contributed by atoms with Crippen LogP contribution in [0.4, 0.5) is 0 Å². The zero-order valence-corrected chi connectivity index (χ0v) is 15.4. The summed E-state index contributed by atoms with van der Waals surface area (Å²) in [6, 6.07) is 0. The van der Waals surface area contributed by atoms with Crippen molar-refractivity contribution in [1.29, 1.82) is 0 Å². The topological polar surface area (TPSA) is 47.1 Å². The van der Waals surface area contributed by atoms with E-state index in [-0.39, 0.29) is 6.29 Å². The van der Waals surface area contributed by atoms with Gasteiger partial charge in [-0.15, -0.1) is 0 Å². The summed E-state index contributed by atoms with van der Waals surface area (Å²) in [5, 5.41) is 0. The summed E-state index contributed by atoms with van der Waals surface area (Å²) >= 11 is -2.12. The van der Waals surface area contributed by atoms with Gasteiger partial charge >= 0.3 is 120 Å². The summed E-state index contributed by atoms with van der Waals surface area (Å²) in [5.41, 5.74) is 1.29. The van der Waals surface area contributed by atoms with Crippen LogP contribution in [0.15, 0.2) is 0 Å². The summed E-state index contributed by atoms with van der Waals surface area (Å²) < 4.78 is 12.8. The Morgan fingerprint density at radius 2 is 2.16 bits per heavy atom. The van der Waals surface area contributed by atoms with Gasteiger partial charge in [0.2, 0.25) is 0 Å². The van der Waals surface area contributed by atoms with Gasteiger partial charge in [0.15, 0.2) is 0 Å². The quantitative estimate of drug-likeness (QED) is 0.807. The first-order valence-electron chi connectivity index (χ1n) is 7.26. The van der Waals surface area contributed by atoms with Crippen LogP contribution in [0.5, 0.6) is 0 Å². The Hall–Kier alpha value is -0.0713. The first-order valence-corrected chi connectivity index (χ1v) is 17.2. The number of hydrogen-bond acceptors (Lipinski definition) is 3. The van der Waals surface area contributed by atoms with Gasteiger partial charge in [0.25, 0.3) is 0 Å². The minimum atomic E-state index is -2.12. The van der Waals surface area contributed by atoms with E-state index in [1.165, 1.54) is 22.2 Å². The number of nitrogens with one attached hydrogen (secondary N) is 1. The maximum absolute atomic E-state index is 5.82. The van der Waals surface area contributed by atoms with Crippen LogP contribution in [-0.4, -0.2) is 47.8 Å². The zero-order chi connectivity index (χ0) is 13.9. The molecular weight excluding hydrogens is 347 g/mol. The molecule has 2 heterocycles. The number of aromatic amines is 1. The van der Waals surface area contributed by atoms with Crippen LogP contribution in [0, 0.1) is 6.92 Å². The molecule has 0 amide bonds. The summed E-state index contributed by atoms with van der Waals surface area (Å²) in [4.78, 5) is 15.3. The second-order valence-corrected chi connectivity index (χ2v) is 20.5. The Morgan fingerprint density at radius 1 is 1.37 bits per heavy atom. The normalized spacial score (nSPS) is 20.7. The molecule has 1 atom stereocenters. The van der Waals surface area contributed by atoms with Crippen LogP contribution >= 0.6 is 0 Å². The van der Waals surface area contributed by atoms with Crippen LogP contribution in [0.1, 0.15) is 30.8 Å². The average molecular weight is 373 g/mol. The van der Waals surface area contributed by atoms with Crippen LogP contribution in [-0.2, 0) is 15.9 Å². The van der Waals surface area contributed by atoms with Crippen molar-refractivity contribution in [3.8, 4) is 0 Å². The molecule has 1 aliphatic rings. The van der Waals surface area contributed by atoms with E-state index in [0.717, 1.165) is 31.9 Å². The van der Waals surface area contributed by atoms with Crippen LogP contribution < -0.4 is 3.71 Å². The molecule has 1 saturated heterocycles. The number of imidazole rings is 1. The Morgan fingerprint density at radius 3 is 2.79 bits per heavy atom. The summed E-state index contributed by atoms with van der Waals surface area (Å²) in [6.07, 6.45) is 4.36. The second-order valence-electron chi connectivity index (χ2n) is 6.32. The fourth-order valence-electron chi connectivity index (χ4n) is 2.48. The third kappa shape index (κ3) is 4.46. The van der Waals surface area contributed by atoms with Gasteiger partial charge in [0, 0.05) is 0 Å². The number of aromatic nitrogens is 2. The molecule has 1 aromatic rings. The van der Waals surface area contributed by atoms with E-state index >= 15 is 0 Å². The van der Waals surface area contributed by atoms with Crippen molar-refractivity contribution in [2.24, 2.45) is 0 Å². The predicted molar refractivity (Wildman–Crippen MR) is 79.6 cm³/mol. The summed E-state index contributed by atoms with van der Waals surface area (Å²) in [5.74, 6) is 1.03. The molecule has 1 unspecified atom stereocenters. The Kier molecular flexibility index (Phi) is 5.31. The van der Waals surface area contributed by atoms with Crippen LogP contribution in [0.3, 0.4) is 0 Å². The third-order valence-corrected chi connectivity index (χ3v) is 8.64. The van der Waals surface area contributed by atoms with E-state index in [1.54, 1.807) is 0 Å². The standard InChI is InChI=1S/C11H17N2O2.3CH3.Sn/c1-9-12-8-10(13-9)5-7-15-11-4-2-3-6-14-11;;;;/h11H,2-7H2,1H3,(H,12,13);3*1H3;. The van der Waals surface area contributed by atoms with Crippen LogP contribution in [0.25, 0.3) is 0 Å². The Balaban J connectivity index is 1.88. The second kappa shape index (κ2) is 6.59. The molecule has 0 bridgehead atoms. The monoisotopic (exact) mass is 374 g/mol. The minimum absolute atomic E-state index is 0.0133. The van der Waals surface area contributed by atoms with Gasteiger partial charge in [-0.3, -0.25) is 0 Å². The van der Waals surface area contributed by atoms with Gasteiger partial charge in [-0.05, 0) is 0 Å². The first kappa shape index (κ1) is 15.3. The Bertz CT molecular complexity index is 406. The molecule has 0 radical (unpaired) electrons. The van der Waals surface area contributed by atoms with Crippen molar-refractivity contribution >= 4 is 22.1 Å². The van der Waals surface area contributed by atoms with E-state index in [2.05, 4.69) is 19.8 Å². The van der Waals surface area contributed by atoms with E-state index in [9.17, 15) is 0 Å². The van der Waals surface area contributed by atoms with Crippen molar-refractivity contribution in [1.82, 2.24) is 9.97 Å². The molecule has 1 aliphatic heterocycles. The van der Waals surface area contributed by atoms with E-state index in [0.29, 0.717) is 0 Å². The molecule has 1 aromatic heterocycles. The number of aryl methyl sites for hydroxylation is 1. The SMILES string of the molecule is Cc1n[c]([Sn]([CH3])([CH3])[CH3])c(CCOC2CCCCO2)[nH]1. The molecule has 19 heavy (non-hydrogen) atoms. The molecular formula is C14H26N2O2Sn. The van der Waals surface area contributed by atoms with Crippen molar-refractivity contribution in [3.63, 3.8) is 0 Å². The Labute approximate surface area is 120 Å². The van der Waals surface area contributed by atoms with Gasteiger partial charge in [-0.25, -0.2) is 0 Å². The zero-order valence-electron chi connectivity index (χ0n) is 12.6. The average Bonchev–Trinajstić information content (AvgIpc) is 2.72. The molecule has 2 rings (SSSR count). The molecule has 0 aromatic carbocycles. The first-order chi connectivity index (χ1) is 8.97. The van der Waals surface area contributed by atoms with Gasteiger partial charge in [0.05, 0.1) is 0 Å². The van der Waals surface area contributed by atoms with Gasteiger partial charge in [-0.2, -0.15) is 0 Å². The van der Waals surface area contributed by atoms with Crippen molar-refractivity contribution in [2.75, 3.05) is 13.2 Å². The van der Waals surface area contributed by atoms with Crippen molar-refractivity contribution in [2.45, 2.75) is 53.7 Å². The van der Waals surface area contributed by atoms with Gasteiger partial charge in [-0.1, -0.05) is 0 Å². The molecule has 0 saturated carbocycles. The molecule has 1 N–H and O–H groups in total.